The lowest BCUT2D eigenvalue weighted by molar-refractivity contribution is -0.144. The van der Waals surface area contributed by atoms with Gasteiger partial charge in [0.15, 0.2) is 0 Å². The van der Waals surface area contributed by atoms with Crippen molar-refractivity contribution in [1.82, 2.24) is 30.3 Å². The number of aliphatic hydroxyl groups is 1. The average Bonchev–Trinajstić information content (AvgIpc) is 4.01. The van der Waals surface area contributed by atoms with Crippen LogP contribution in [0.5, 0.6) is 11.5 Å². The molecule has 2 saturated heterocycles. The van der Waals surface area contributed by atoms with E-state index < -0.39 is 23.6 Å². The zero-order valence-corrected chi connectivity index (χ0v) is 44.2. The van der Waals surface area contributed by atoms with Crippen LogP contribution < -0.4 is 15.4 Å². The number of allylic oxidation sites excluding steroid dienone is 1. The number of aromatic nitrogens is 1. The molecule has 15 heteroatoms. The Bertz CT molecular complexity index is 2630. The van der Waals surface area contributed by atoms with Gasteiger partial charge in [0, 0.05) is 71.0 Å². The molecule has 1 aromatic heterocycles. The number of benzene rings is 4. The van der Waals surface area contributed by atoms with Crippen molar-refractivity contribution in [3.05, 3.63) is 137 Å². The molecule has 4 amide bonds. The fourth-order valence-electron chi connectivity index (χ4n) is 9.61. The predicted octanol–water partition coefficient (Wildman–Crippen LogP) is 9.08. The van der Waals surface area contributed by atoms with E-state index in [1.807, 2.05) is 105 Å². The van der Waals surface area contributed by atoms with Gasteiger partial charge in [-0.15, -0.1) is 22.9 Å². The summed E-state index contributed by atoms with van der Waals surface area (Å²) in [4.78, 5) is 65.0. The molecule has 3 heterocycles. The SMILES string of the molecule is Cc1ncsc1-c1ccc(CNC(=O)[C@@H]2C[C@@H](O)CN2C(=O)C(NC(=O)CCCCCCC(=O)N2CCN(CCOc3ccc(C(=C(CCCl)c4ccccc4)c4ccc(O)cc4)cc3)CC2)C(C)(C)C)cc1. The van der Waals surface area contributed by atoms with Crippen LogP contribution in [0.25, 0.3) is 21.6 Å². The Labute approximate surface area is 439 Å². The van der Waals surface area contributed by atoms with E-state index in [-0.39, 0.29) is 55.3 Å². The van der Waals surface area contributed by atoms with E-state index >= 15 is 0 Å². The Morgan fingerprint density at radius 2 is 1.48 bits per heavy atom. The summed E-state index contributed by atoms with van der Waals surface area (Å²) in [7, 11) is 0. The lowest BCUT2D eigenvalue weighted by Crippen LogP contribution is -2.57. The monoisotopic (exact) mass is 1030 g/mol. The van der Waals surface area contributed by atoms with E-state index in [1.54, 1.807) is 23.5 Å². The van der Waals surface area contributed by atoms with Crippen molar-refractivity contribution in [2.75, 3.05) is 51.8 Å². The molecular weight excluding hydrogens is 960 g/mol. The first-order chi connectivity index (χ1) is 35.2. The second-order valence-electron chi connectivity index (χ2n) is 20.2. The molecule has 73 heavy (non-hydrogen) atoms. The van der Waals surface area contributed by atoms with Gasteiger partial charge in [0.2, 0.25) is 23.6 Å². The van der Waals surface area contributed by atoms with E-state index in [4.69, 9.17) is 16.3 Å². The van der Waals surface area contributed by atoms with E-state index in [2.05, 4.69) is 44.8 Å². The number of amides is 4. The minimum Gasteiger partial charge on any atom is -0.508 e. The molecule has 0 spiro atoms. The number of aliphatic hydroxyl groups excluding tert-OH is 1. The molecule has 0 radical (unpaired) electrons. The number of hydrogen-bond acceptors (Lipinski definition) is 10. The summed E-state index contributed by atoms with van der Waals surface area (Å²) in [5.41, 5.74) is 9.42. The zero-order valence-electron chi connectivity index (χ0n) is 42.7. The third-order valence-corrected chi connectivity index (χ3v) is 14.9. The molecule has 5 aromatic rings. The Balaban J connectivity index is 0.789. The minimum atomic E-state index is -0.886. The molecule has 2 fully saturated rings. The minimum absolute atomic E-state index is 0.0138. The summed E-state index contributed by atoms with van der Waals surface area (Å²) in [6.07, 6.45) is 3.60. The van der Waals surface area contributed by atoms with Crippen molar-refractivity contribution in [1.29, 1.82) is 0 Å². The number of β-amino-alcohol motifs (C(OH)–C–C–N with tert-alkyl or cyclic N) is 1. The summed E-state index contributed by atoms with van der Waals surface area (Å²) in [5, 5.41) is 26.5. The molecule has 0 aliphatic carbocycles. The zero-order chi connectivity index (χ0) is 51.9. The largest absolute Gasteiger partial charge is 0.508 e. The second kappa shape index (κ2) is 26.2. The molecule has 13 nitrogen and oxygen atoms in total. The highest BCUT2D eigenvalue weighted by atomic mass is 35.5. The second-order valence-corrected chi connectivity index (χ2v) is 21.4. The number of phenolic OH excluding ortho intramolecular Hbond substituents is 1. The number of likely N-dealkylation sites (tertiary alicyclic amines) is 1. The first kappa shape index (κ1) is 54.7. The first-order valence-corrected chi connectivity index (χ1v) is 27.0. The van der Waals surface area contributed by atoms with Crippen LogP contribution in [0.15, 0.2) is 109 Å². The molecular formula is C58H71ClN6O7S. The first-order valence-electron chi connectivity index (χ1n) is 25.6. The number of rotatable bonds is 22. The molecule has 388 valence electrons. The lowest BCUT2D eigenvalue weighted by atomic mass is 9.85. The predicted molar refractivity (Wildman–Crippen MR) is 290 cm³/mol. The van der Waals surface area contributed by atoms with E-state index in [1.165, 1.54) is 4.90 Å². The molecule has 4 aromatic carbocycles. The summed E-state index contributed by atoms with van der Waals surface area (Å²) < 4.78 is 6.19. The Morgan fingerprint density at radius 1 is 0.822 bits per heavy atom. The number of thiazole rings is 1. The maximum absolute atomic E-state index is 14.1. The van der Waals surface area contributed by atoms with Crippen molar-refractivity contribution in [2.24, 2.45) is 5.41 Å². The van der Waals surface area contributed by atoms with E-state index in [0.29, 0.717) is 44.8 Å². The van der Waals surface area contributed by atoms with Crippen LogP contribution in [0.4, 0.5) is 0 Å². The number of carbonyl (C=O) groups is 4. The number of nitrogens with zero attached hydrogens (tertiary/aromatic N) is 4. The van der Waals surface area contributed by atoms with Crippen LogP contribution in [0.3, 0.4) is 0 Å². The highest BCUT2D eigenvalue weighted by molar-refractivity contribution is 7.13. The van der Waals surface area contributed by atoms with Crippen LogP contribution in [0.1, 0.15) is 100 Å². The number of unbranched alkanes of at least 4 members (excludes halogenated alkanes) is 3. The number of nitrogens with one attached hydrogen (secondary N) is 2. The van der Waals surface area contributed by atoms with E-state index in [9.17, 15) is 29.4 Å². The molecule has 7 rings (SSSR count). The number of aromatic hydroxyl groups is 1. The van der Waals surface area contributed by atoms with Gasteiger partial charge in [-0.05, 0) is 94.8 Å². The molecule has 2 aliphatic heterocycles. The van der Waals surface area contributed by atoms with Crippen molar-refractivity contribution < 1.29 is 34.1 Å². The molecule has 2 aliphatic rings. The number of carbonyl (C=O) groups excluding carboxylic acids is 4. The third-order valence-electron chi connectivity index (χ3n) is 13.7. The van der Waals surface area contributed by atoms with Gasteiger partial charge in [0.05, 0.1) is 22.2 Å². The number of halogens is 1. The Hall–Kier alpha value is -6.06. The Morgan fingerprint density at radius 3 is 2.11 bits per heavy atom. The fourth-order valence-corrected chi connectivity index (χ4v) is 10.6. The van der Waals surface area contributed by atoms with Gasteiger partial charge >= 0.3 is 0 Å². The number of ether oxygens (including phenoxy) is 1. The normalized spacial score (nSPS) is 17.0. The van der Waals surface area contributed by atoms with Gasteiger partial charge < -0.3 is 35.4 Å². The van der Waals surface area contributed by atoms with Gasteiger partial charge in [-0.3, -0.25) is 24.1 Å². The third kappa shape index (κ3) is 15.3. The van der Waals surface area contributed by atoms with Gasteiger partial charge in [-0.25, -0.2) is 4.98 Å². The highest BCUT2D eigenvalue weighted by Gasteiger charge is 2.44. The fraction of sp³-hybridized carbons (Fsp3) is 0.431. The molecule has 0 saturated carbocycles. The highest BCUT2D eigenvalue weighted by Crippen LogP contribution is 2.36. The van der Waals surface area contributed by atoms with E-state index in [0.717, 1.165) is 94.2 Å². The number of phenols is 1. The van der Waals surface area contributed by atoms with Crippen molar-refractivity contribution in [3.8, 4) is 21.9 Å². The van der Waals surface area contributed by atoms with Gasteiger partial charge in [-0.1, -0.05) is 112 Å². The summed E-state index contributed by atoms with van der Waals surface area (Å²) in [6, 6.07) is 31.8. The molecule has 1 unspecified atom stereocenters. The van der Waals surface area contributed by atoms with Crippen LogP contribution >= 0.6 is 22.9 Å². The Kier molecular flexibility index (Phi) is 19.7. The van der Waals surface area contributed by atoms with Gasteiger partial charge in [0.25, 0.3) is 0 Å². The van der Waals surface area contributed by atoms with Crippen LogP contribution in [0.2, 0.25) is 0 Å². The summed E-state index contributed by atoms with van der Waals surface area (Å²) in [6.45, 7) is 12.1. The molecule has 0 bridgehead atoms. The lowest BCUT2D eigenvalue weighted by Gasteiger charge is -2.35. The van der Waals surface area contributed by atoms with Crippen molar-refractivity contribution >= 4 is 57.7 Å². The standard InChI is InChI=1S/C58H71ClN6O7S/c1-40-54(73-39-61-40)45-18-16-41(17-19-45)37-60-56(70)50-36-47(67)38-65(50)57(71)55(58(2,3)4)62-51(68)14-10-5-6-11-15-52(69)64-32-30-63(31-33-64)34-35-72-48-26-22-44(23-27-48)53(43-20-24-46(66)25-21-43)49(28-29-59)42-12-8-7-9-13-42/h7-9,12-13,16-27,39,47,50,55,66-67H,5-6,10-11,14-15,28-38H2,1-4H3,(H,60,70)(H,62,68)/t47-,50+,55?/m1/s1. The maximum Gasteiger partial charge on any atom is 0.246 e. The topological polar surface area (TPSA) is 165 Å². The number of hydrogen-bond donors (Lipinski definition) is 4. The van der Waals surface area contributed by atoms with Crippen LogP contribution in [0, 0.1) is 12.3 Å². The molecule has 4 N–H and O–H groups in total. The summed E-state index contributed by atoms with van der Waals surface area (Å²) >= 11 is 7.91. The molecule has 3 atom stereocenters. The smallest absolute Gasteiger partial charge is 0.246 e. The average molecular weight is 1030 g/mol. The number of alkyl halides is 1. The number of piperazine rings is 1. The van der Waals surface area contributed by atoms with Crippen molar-refractivity contribution in [2.45, 2.75) is 104 Å². The summed E-state index contributed by atoms with van der Waals surface area (Å²) in [5.74, 6) is 0.637. The number of aryl methyl sites for hydroxylation is 1. The quantitative estimate of drug-likeness (QED) is 0.0301. The van der Waals surface area contributed by atoms with Gasteiger partial charge in [0.1, 0.15) is 30.2 Å². The van der Waals surface area contributed by atoms with Crippen LogP contribution in [-0.2, 0) is 25.7 Å². The maximum atomic E-state index is 14.1. The van der Waals surface area contributed by atoms with Gasteiger partial charge in [-0.2, -0.15) is 0 Å². The van der Waals surface area contributed by atoms with Crippen LogP contribution in [-0.4, -0.2) is 123 Å². The van der Waals surface area contributed by atoms with Crippen molar-refractivity contribution in [3.63, 3.8) is 0 Å².